The summed E-state index contributed by atoms with van der Waals surface area (Å²) in [5, 5.41) is 1.03. The Bertz CT molecular complexity index is 675. The molecule has 0 bridgehead atoms. The molecule has 1 heterocycles. The molecule has 0 spiro atoms. The van der Waals surface area contributed by atoms with Crippen LogP contribution in [0.25, 0.3) is 10.9 Å². The molecule has 0 unspecified atom stereocenters. The van der Waals surface area contributed by atoms with Crippen molar-refractivity contribution in [1.29, 1.82) is 0 Å². The Morgan fingerprint density at radius 1 is 1.17 bits per heavy atom. The Morgan fingerprint density at radius 3 is 2.33 bits per heavy atom. The van der Waals surface area contributed by atoms with Crippen LogP contribution in [-0.2, 0) is 16.4 Å². The summed E-state index contributed by atoms with van der Waals surface area (Å²) in [7, 11) is -3.25. The van der Waals surface area contributed by atoms with E-state index in [0.29, 0.717) is 0 Å². The van der Waals surface area contributed by atoms with E-state index in [-0.39, 0.29) is 5.41 Å². The van der Waals surface area contributed by atoms with Gasteiger partial charge in [-0.2, -0.15) is 0 Å². The van der Waals surface area contributed by atoms with Crippen molar-refractivity contribution in [1.82, 2.24) is 3.97 Å². The summed E-state index contributed by atoms with van der Waals surface area (Å²) in [4.78, 5) is 0. The lowest BCUT2D eigenvalue weighted by atomic mass is 9.88. The van der Waals surface area contributed by atoms with Crippen LogP contribution in [0.4, 0.5) is 0 Å². The number of aromatic nitrogens is 1. The van der Waals surface area contributed by atoms with Crippen molar-refractivity contribution in [3.8, 4) is 0 Å². The summed E-state index contributed by atoms with van der Waals surface area (Å²) in [6.45, 7) is 6.46. The van der Waals surface area contributed by atoms with Crippen LogP contribution < -0.4 is 0 Å². The summed E-state index contributed by atoms with van der Waals surface area (Å²) < 4.78 is 25.0. The topological polar surface area (TPSA) is 39.1 Å². The van der Waals surface area contributed by atoms with Gasteiger partial charge in [-0.3, -0.25) is 0 Å². The molecule has 0 atom stereocenters. The molecule has 98 valence electrons. The molecule has 0 N–H and O–H groups in total. The third-order valence-electron chi connectivity index (χ3n) is 2.84. The van der Waals surface area contributed by atoms with E-state index in [1.807, 2.05) is 24.3 Å². The SMILES string of the molecule is CC(C)(C)Cc1cn(S(C)(=O)=O)c2ccccc12. The highest BCUT2D eigenvalue weighted by Gasteiger charge is 2.18. The lowest BCUT2D eigenvalue weighted by molar-refractivity contribution is 0.412. The third kappa shape index (κ3) is 2.58. The van der Waals surface area contributed by atoms with E-state index in [9.17, 15) is 8.42 Å². The fourth-order valence-electron chi connectivity index (χ4n) is 2.20. The van der Waals surface area contributed by atoms with Crippen LogP contribution >= 0.6 is 0 Å². The fraction of sp³-hybridized carbons (Fsp3) is 0.429. The predicted octanol–water partition coefficient (Wildman–Crippen LogP) is 3.04. The molecule has 0 fully saturated rings. The number of hydrogen-bond acceptors (Lipinski definition) is 2. The molecule has 0 aliphatic heterocycles. The average molecular weight is 265 g/mol. The van der Waals surface area contributed by atoms with E-state index in [1.165, 1.54) is 10.2 Å². The molecule has 0 radical (unpaired) electrons. The lowest BCUT2D eigenvalue weighted by Gasteiger charge is -2.17. The molecular formula is C14H19NO2S. The number of rotatable bonds is 2. The number of nitrogens with zero attached hydrogens (tertiary/aromatic N) is 1. The number of para-hydroxylation sites is 1. The molecule has 0 aliphatic rings. The Labute approximate surface area is 108 Å². The molecule has 1 aromatic carbocycles. The number of fused-ring (bicyclic) bond motifs is 1. The zero-order chi connectivity index (χ0) is 13.6. The van der Waals surface area contributed by atoms with Crippen molar-refractivity contribution in [3.05, 3.63) is 36.0 Å². The van der Waals surface area contributed by atoms with Crippen molar-refractivity contribution in [2.75, 3.05) is 6.26 Å². The second-order valence-corrected chi connectivity index (χ2v) is 7.83. The molecule has 0 saturated heterocycles. The monoisotopic (exact) mass is 265 g/mol. The van der Waals surface area contributed by atoms with Gasteiger partial charge in [0.05, 0.1) is 11.8 Å². The highest BCUT2D eigenvalue weighted by atomic mass is 32.2. The first-order valence-electron chi connectivity index (χ1n) is 5.98. The Balaban J connectivity index is 2.70. The van der Waals surface area contributed by atoms with Crippen LogP contribution in [0.1, 0.15) is 26.3 Å². The second kappa shape index (κ2) is 4.12. The number of benzene rings is 1. The van der Waals surface area contributed by atoms with Gasteiger partial charge in [0.2, 0.25) is 10.0 Å². The highest BCUT2D eigenvalue weighted by Crippen LogP contribution is 2.28. The average Bonchev–Trinajstić information content (AvgIpc) is 2.55. The molecule has 0 saturated carbocycles. The smallest absolute Gasteiger partial charge is 0.236 e. The van der Waals surface area contributed by atoms with E-state index in [2.05, 4.69) is 20.8 Å². The van der Waals surface area contributed by atoms with E-state index in [1.54, 1.807) is 6.20 Å². The van der Waals surface area contributed by atoms with Crippen LogP contribution in [0.2, 0.25) is 0 Å². The zero-order valence-electron chi connectivity index (χ0n) is 11.3. The molecule has 2 aromatic rings. The number of hydrogen-bond donors (Lipinski definition) is 0. The van der Waals surface area contributed by atoms with Crippen LogP contribution in [-0.4, -0.2) is 18.6 Å². The first kappa shape index (κ1) is 13.1. The molecule has 0 amide bonds. The first-order chi connectivity index (χ1) is 8.18. The van der Waals surface area contributed by atoms with Crippen molar-refractivity contribution in [2.24, 2.45) is 5.41 Å². The van der Waals surface area contributed by atoms with E-state index in [4.69, 9.17) is 0 Å². The highest BCUT2D eigenvalue weighted by molar-refractivity contribution is 7.89. The summed E-state index contributed by atoms with van der Waals surface area (Å²) >= 11 is 0. The van der Waals surface area contributed by atoms with E-state index in [0.717, 1.165) is 22.9 Å². The summed E-state index contributed by atoms with van der Waals surface area (Å²) in [6.07, 6.45) is 3.85. The molecule has 1 aromatic heterocycles. The van der Waals surface area contributed by atoms with Gasteiger partial charge in [0.15, 0.2) is 0 Å². The van der Waals surface area contributed by atoms with Gasteiger partial charge in [0.1, 0.15) is 0 Å². The van der Waals surface area contributed by atoms with Crippen molar-refractivity contribution in [2.45, 2.75) is 27.2 Å². The third-order valence-corrected chi connectivity index (χ3v) is 3.86. The standard InChI is InChI=1S/C14H19NO2S/c1-14(2,3)9-11-10-15(18(4,16)17)13-8-6-5-7-12(11)13/h5-8,10H,9H2,1-4H3. The van der Waals surface area contributed by atoms with Crippen molar-refractivity contribution >= 4 is 20.9 Å². The van der Waals surface area contributed by atoms with Gasteiger partial charge in [-0.1, -0.05) is 39.0 Å². The van der Waals surface area contributed by atoms with Gasteiger partial charge in [-0.25, -0.2) is 12.4 Å². The van der Waals surface area contributed by atoms with Crippen LogP contribution in [0.15, 0.2) is 30.5 Å². The minimum absolute atomic E-state index is 0.131. The summed E-state index contributed by atoms with van der Waals surface area (Å²) in [5.41, 5.74) is 1.98. The van der Waals surface area contributed by atoms with Crippen LogP contribution in [0.3, 0.4) is 0 Å². The Morgan fingerprint density at radius 2 is 1.78 bits per heavy atom. The van der Waals surface area contributed by atoms with Gasteiger partial charge < -0.3 is 0 Å². The maximum Gasteiger partial charge on any atom is 0.236 e. The Kier molecular flexibility index (Phi) is 3.01. The van der Waals surface area contributed by atoms with Crippen LogP contribution in [0.5, 0.6) is 0 Å². The lowest BCUT2D eigenvalue weighted by Crippen LogP contribution is -2.10. The normalized spacial score (nSPS) is 13.1. The fourth-order valence-corrected chi connectivity index (χ4v) is 3.04. The molecule has 3 nitrogen and oxygen atoms in total. The second-order valence-electron chi connectivity index (χ2n) is 5.97. The Hall–Kier alpha value is -1.29. The molecular weight excluding hydrogens is 246 g/mol. The minimum Gasteiger partial charge on any atom is -0.245 e. The maximum atomic E-state index is 11.8. The van der Waals surface area contributed by atoms with Gasteiger partial charge in [0, 0.05) is 11.6 Å². The van der Waals surface area contributed by atoms with Crippen LogP contribution in [0, 0.1) is 5.41 Å². The van der Waals surface area contributed by atoms with Crippen molar-refractivity contribution < 1.29 is 8.42 Å². The molecule has 18 heavy (non-hydrogen) atoms. The zero-order valence-corrected chi connectivity index (χ0v) is 12.1. The summed E-state index contributed by atoms with van der Waals surface area (Å²) in [6, 6.07) is 7.65. The van der Waals surface area contributed by atoms with Gasteiger partial charge in [0.25, 0.3) is 0 Å². The molecule has 0 aliphatic carbocycles. The molecule has 2 rings (SSSR count). The van der Waals surface area contributed by atoms with E-state index < -0.39 is 10.0 Å². The van der Waals surface area contributed by atoms with Gasteiger partial charge >= 0.3 is 0 Å². The van der Waals surface area contributed by atoms with E-state index >= 15 is 0 Å². The summed E-state index contributed by atoms with van der Waals surface area (Å²) in [5.74, 6) is 0. The van der Waals surface area contributed by atoms with Gasteiger partial charge in [-0.05, 0) is 23.5 Å². The molecule has 4 heteroatoms. The largest absolute Gasteiger partial charge is 0.245 e. The maximum absolute atomic E-state index is 11.8. The predicted molar refractivity (Wildman–Crippen MR) is 75.3 cm³/mol. The van der Waals surface area contributed by atoms with Gasteiger partial charge in [-0.15, -0.1) is 0 Å². The quantitative estimate of drug-likeness (QED) is 0.837. The first-order valence-corrected chi connectivity index (χ1v) is 7.83. The van der Waals surface area contributed by atoms with Crippen molar-refractivity contribution in [3.63, 3.8) is 0 Å². The minimum atomic E-state index is -3.25.